The van der Waals surface area contributed by atoms with Crippen molar-refractivity contribution < 1.29 is 19.2 Å². The number of hydrogen-bond donors (Lipinski definition) is 0. The number of carbonyl (C=O) groups excluding carboxylic acids is 1. The minimum Gasteiger partial charge on any atom is -0.495 e. The standard InChI is InChI=1S/C20H22N4O5S.ClH/c1-22(2)11-12-23(19(25)13-5-7-14(8-6-13)24(26)27)20-21-17-15(28-3)9-10-16(29-4)18(17)30-20;/h5-10H,11-12H2,1-4H3;1H. The second-order valence-electron chi connectivity index (χ2n) is 6.71. The molecule has 0 radical (unpaired) electrons. The molecule has 3 aromatic rings. The molecule has 0 saturated heterocycles. The van der Waals surface area contributed by atoms with Crippen molar-refractivity contribution in [2.45, 2.75) is 0 Å². The average molecular weight is 467 g/mol. The molecular weight excluding hydrogens is 444 g/mol. The highest BCUT2D eigenvalue weighted by atomic mass is 35.5. The number of carbonyl (C=O) groups is 1. The monoisotopic (exact) mass is 466 g/mol. The van der Waals surface area contributed by atoms with Crippen LogP contribution >= 0.6 is 23.7 Å². The minimum atomic E-state index is -0.496. The second kappa shape index (κ2) is 10.4. The van der Waals surface area contributed by atoms with Gasteiger partial charge in [0.15, 0.2) is 5.13 Å². The highest BCUT2D eigenvalue weighted by molar-refractivity contribution is 7.22. The maximum atomic E-state index is 13.3. The molecule has 0 saturated carbocycles. The highest BCUT2D eigenvalue weighted by Crippen LogP contribution is 2.40. The molecule has 0 fully saturated rings. The molecular formula is C20H23ClN4O5S. The molecule has 31 heavy (non-hydrogen) atoms. The van der Waals surface area contributed by atoms with Gasteiger partial charge in [-0.3, -0.25) is 19.8 Å². The fourth-order valence-electron chi connectivity index (χ4n) is 2.86. The molecule has 11 heteroatoms. The maximum absolute atomic E-state index is 13.3. The summed E-state index contributed by atoms with van der Waals surface area (Å²) in [6, 6.07) is 9.12. The number of likely N-dealkylation sites (N-methyl/N-ethyl adjacent to an activating group) is 1. The third kappa shape index (κ3) is 5.22. The van der Waals surface area contributed by atoms with E-state index >= 15 is 0 Å². The van der Waals surface area contributed by atoms with E-state index in [1.54, 1.807) is 31.3 Å². The normalized spacial score (nSPS) is 10.6. The van der Waals surface area contributed by atoms with Gasteiger partial charge in [-0.25, -0.2) is 4.98 Å². The van der Waals surface area contributed by atoms with E-state index in [1.165, 1.54) is 35.6 Å². The zero-order chi connectivity index (χ0) is 21.8. The summed E-state index contributed by atoms with van der Waals surface area (Å²) < 4.78 is 11.6. The lowest BCUT2D eigenvalue weighted by molar-refractivity contribution is -0.384. The Morgan fingerprint density at radius 2 is 1.68 bits per heavy atom. The van der Waals surface area contributed by atoms with Crippen LogP contribution in [-0.4, -0.2) is 62.1 Å². The number of thiazole rings is 1. The molecule has 1 amide bonds. The van der Waals surface area contributed by atoms with E-state index < -0.39 is 4.92 Å². The van der Waals surface area contributed by atoms with Gasteiger partial charge < -0.3 is 14.4 Å². The van der Waals surface area contributed by atoms with Crippen molar-refractivity contribution in [1.82, 2.24) is 9.88 Å². The number of fused-ring (bicyclic) bond motifs is 1. The SMILES string of the molecule is COc1ccc(OC)c2sc(N(CCN(C)C)C(=O)c3ccc([N+](=O)[O-])cc3)nc12.Cl. The number of non-ortho nitro benzene ring substituents is 1. The van der Waals surface area contributed by atoms with Crippen LogP contribution in [-0.2, 0) is 0 Å². The van der Waals surface area contributed by atoms with Gasteiger partial charge in [-0.05, 0) is 38.4 Å². The lowest BCUT2D eigenvalue weighted by atomic mass is 10.2. The number of benzene rings is 2. The summed E-state index contributed by atoms with van der Waals surface area (Å²) in [5.74, 6) is 0.942. The van der Waals surface area contributed by atoms with Gasteiger partial charge in [0.25, 0.3) is 11.6 Å². The molecule has 166 valence electrons. The number of rotatable bonds is 8. The van der Waals surface area contributed by atoms with E-state index in [-0.39, 0.29) is 24.0 Å². The molecule has 0 aliphatic heterocycles. The molecule has 0 aliphatic rings. The van der Waals surface area contributed by atoms with Gasteiger partial charge in [-0.1, -0.05) is 11.3 Å². The van der Waals surface area contributed by atoms with Gasteiger partial charge in [-0.2, -0.15) is 0 Å². The van der Waals surface area contributed by atoms with Gasteiger partial charge in [0.2, 0.25) is 0 Å². The minimum absolute atomic E-state index is 0. The Hall–Kier alpha value is -2.95. The van der Waals surface area contributed by atoms with Crippen LogP contribution in [0.3, 0.4) is 0 Å². The third-order valence-corrected chi connectivity index (χ3v) is 5.56. The molecule has 0 spiro atoms. The summed E-state index contributed by atoms with van der Waals surface area (Å²) in [4.78, 5) is 31.9. The van der Waals surface area contributed by atoms with Gasteiger partial charge in [0.1, 0.15) is 21.7 Å². The van der Waals surface area contributed by atoms with E-state index in [0.29, 0.717) is 40.8 Å². The molecule has 0 atom stereocenters. The number of ether oxygens (including phenoxy) is 2. The number of aromatic nitrogens is 1. The number of halogens is 1. The largest absolute Gasteiger partial charge is 0.495 e. The average Bonchev–Trinajstić information content (AvgIpc) is 3.18. The van der Waals surface area contributed by atoms with Crippen LogP contribution in [0.2, 0.25) is 0 Å². The first-order valence-electron chi connectivity index (χ1n) is 9.08. The van der Waals surface area contributed by atoms with Crippen LogP contribution in [0, 0.1) is 10.1 Å². The number of methoxy groups -OCH3 is 2. The number of hydrogen-bond acceptors (Lipinski definition) is 8. The summed E-state index contributed by atoms with van der Waals surface area (Å²) in [6.45, 7) is 1.01. The van der Waals surface area contributed by atoms with Gasteiger partial charge in [0.05, 0.1) is 19.1 Å². The fraction of sp³-hybridized carbons (Fsp3) is 0.300. The Morgan fingerprint density at radius 1 is 1.06 bits per heavy atom. The molecule has 0 unspecified atom stereocenters. The van der Waals surface area contributed by atoms with Crippen molar-refractivity contribution in [3.8, 4) is 11.5 Å². The Labute approximate surface area is 189 Å². The van der Waals surface area contributed by atoms with Gasteiger partial charge in [0, 0.05) is 30.8 Å². The Bertz CT molecular complexity index is 1030. The number of nitro benzene ring substituents is 1. The summed E-state index contributed by atoms with van der Waals surface area (Å²) in [6.07, 6.45) is 0. The van der Waals surface area contributed by atoms with Crippen molar-refractivity contribution in [1.29, 1.82) is 0 Å². The quantitative estimate of drug-likeness (QED) is 0.367. The van der Waals surface area contributed by atoms with Crippen LogP contribution in [0.25, 0.3) is 10.2 Å². The first-order chi connectivity index (χ1) is 14.3. The molecule has 2 aromatic carbocycles. The van der Waals surface area contributed by atoms with Gasteiger partial charge >= 0.3 is 0 Å². The van der Waals surface area contributed by atoms with Crippen LogP contribution < -0.4 is 14.4 Å². The lowest BCUT2D eigenvalue weighted by Gasteiger charge is -2.22. The predicted octanol–water partition coefficient (Wildman–Crippen LogP) is 3.85. The van der Waals surface area contributed by atoms with E-state index in [2.05, 4.69) is 4.98 Å². The number of amides is 1. The Balaban J connectivity index is 0.00000341. The molecule has 3 rings (SSSR count). The molecule has 1 heterocycles. The molecule has 0 aliphatic carbocycles. The zero-order valence-corrected chi connectivity index (χ0v) is 19.2. The van der Waals surface area contributed by atoms with Crippen LogP contribution in [0.5, 0.6) is 11.5 Å². The third-order valence-electron chi connectivity index (χ3n) is 4.47. The summed E-state index contributed by atoms with van der Waals surface area (Å²) in [7, 11) is 6.97. The first-order valence-corrected chi connectivity index (χ1v) is 9.90. The zero-order valence-electron chi connectivity index (χ0n) is 17.5. The highest BCUT2D eigenvalue weighted by Gasteiger charge is 2.24. The molecule has 1 aromatic heterocycles. The summed E-state index contributed by atoms with van der Waals surface area (Å²) in [5.41, 5.74) is 0.890. The van der Waals surface area contributed by atoms with E-state index in [1.807, 2.05) is 19.0 Å². The topological polar surface area (TPSA) is 98.0 Å². The molecule has 9 nitrogen and oxygen atoms in total. The maximum Gasteiger partial charge on any atom is 0.269 e. The van der Waals surface area contributed by atoms with E-state index in [9.17, 15) is 14.9 Å². The Morgan fingerprint density at radius 3 is 2.23 bits per heavy atom. The molecule has 0 N–H and O–H groups in total. The fourth-order valence-corrected chi connectivity index (χ4v) is 3.95. The number of nitrogens with zero attached hydrogens (tertiary/aromatic N) is 4. The van der Waals surface area contributed by atoms with Gasteiger partial charge in [-0.15, -0.1) is 12.4 Å². The number of nitro groups is 1. The lowest BCUT2D eigenvalue weighted by Crippen LogP contribution is -2.36. The molecule has 0 bridgehead atoms. The van der Waals surface area contributed by atoms with Crippen LogP contribution in [0.15, 0.2) is 36.4 Å². The summed E-state index contributed by atoms with van der Waals surface area (Å²) >= 11 is 1.33. The Kier molecular flexibility index (Phi) is 8.14. The predicted molar refractivity (Wildman–Crippen MR) is 123 cm³/mol. The van der Waals surface area contributed by atoms with Crippen molar-refractivity contribution in [3.05, 3.63) is 52.1 Å². The summed E-state index contributed by atoms with van der Waals surface area (Å²) in [5, 5.41) is 11.4. The van der Waals surface area contributed by atoms with Crippen molar-refractivity contribution in [2.24, 2.45) is 0 Å². The second-order valence-corrected chi connectivity index (χ2v) is 7.69. The van der Waals surface area contributed by atoms with Crippen molar-refractivity contribution in [3.63, 3.8) is 0 Å². The van der Waals surface area contributed by atoms with Crippen LogP contribution in [0.1, 0.15) is 10.4 Å². The van der Waals surface area contributed by atoms with Crippen molar-refractivity contribution in [2.75, 3.05) is 46.3 Å². The van der Waals surface area contributed by atoms with E-state index in [4.69, 9.17) is 9.47 Å². The van der Waals surface area contributed by atoms with Crippen molar-refractivity contribution >= 4 is 50.7 Å². The van der Waals surface area contributed by atoms with Crippen LogP contribution in [0.4, 0.5) is 10.8 Å². The number of anilines is 1. The first kappa shape index (κ1) is 24.3. The van der Waals surface area contributed by atoms with E-state index in [0.717, 1.165) is 4.70 Å². The smallest absolute Gasteiger partial charge is 0.269 e.